The van der Waals surface area contributed by atoms with Crippen molar-refractivity contribution in [1.82, 2.24) is 10.3 Å². The van der Waals surface area contributed by atoms with Crippen LogP contribution in [0.2, 0.25) is 0 Å². The van der Waals surface area contributed by atoms with Gasteiger partial charge in [0.25, 0.3) is 0 Å². The molecule has 1 aliphatic rings. The first-order valence-electron chi connectivity index (χ1n) is 7.36. The van der Waals surface area contributed by atoms with Crippen LogP contribution in [0.1, 0.15) is 30.7 Å². The normalized spacial score (nSPS) is 18.2. The minimum Gasteiger partial charge on any atom is -0.319 e. The van der Waals surface area contributed by atoms with Gasteiger partial charge in [0.15, 0.2) is 0 Å². The predicted molar refractivity (Wildman–Crippen MR) is 82.7 cm³/mol. The summed E-state index contributed by atoms with van der Waals surface area (Å²) in [5.41, 5.74) is 1.16. The predicted octanol–water partition coefficient (Wildman–Crippen LogP) is 3.86. The van der Waals surface area contributed by atoms with E-state index in [0.717, 1.165) is 30.3 Å². The zero-order valence-electron chi connectivity index (χ0n) is 11.6. The first-order valence-corrected chi connectivity index (χ1v) is 8.17. The lowest BCUT2D eigenvalue weighted by Gasteiger charge is -2.22. The van der Waals surface area contributed by atoms with Crippen molar-refractivity contribution in [1.29, 1.82) is 0 Å². The molecule has 2 aromatic rings. The first-order chi connectivity index (χ1) is 9.36. The molecule has 1 fully saturated rings. The number of nitrogens with one attached hydrogen (secondary N) is 1. The summed E-state index contributed by atoms with van der Waals surface area (Å²) in [5, 5.41) is 4.69. The average molecular weight is 274 g/mol. The fourth-order valence-electron chi connectivity index (χ4n) is 3.33. The molecule has 1 aromatic carbocycles. The second-order valence-corrected chi connectivity index (χ2v) is 6.76. The molecule has 1 heterocycles. The molecule has 1 aliphatic carbocycles. The Labute approximate surface area is 119 Å². The number of rotatable bonds is 5. The van der Waals surface area contributed by atoms with Crippen LogP contribution in [-0.2, 0) is 6.42 Å². The van der Waals surface area contributed by atoms with E-state index in [9.17, 15) is 0 Å². The van der Waals surface area contributed by atoms with Crippen molar-refractivity contribution in [3.63, 3.8) is 0 Å². The van der Waals surface area contributed by atoms with Gasteiger partial charge in [0.1, 0.15) is 0 Å². The molecule has 2 nitrogen and oxygen atoms in total. The van der Waals surface area contributed by atoms with Crippen LogP contribution in [0.25, 0.3) is 10.2 Å². The number of hydrogen-bond donors (Lipinski definition) is 1. The molecule has 102 valence electrons. The van der Waals surface area contributed by atoms with Crippen LogP contribution in [0.15, 0.2) is 24.3 Å². The van der Waals surface area contributed by atoms with Gasteiger partial charge in [-0.05, 0) is 37.6 Å². The number of fused-ring (bicyclic) bond motifs is 1. The van der Waals surface area contributed by atoms with Crippen LogP contribution >= 0.6 is 11.3 Å². The van der Waals surface area contributed by atoms with Gasteiger partial charge in [-0.2, -0.15) is 0 Å². The van der Waals surface area contributed by atoms with E-state index in [1.54, 1.807) is 0 Å². The van der Waals surface area contributed by atoms with Crippen molar-refractivity contribution >= 4 is 21.6 Å². The highest BCUT2D eigenvalue weighted by Crippen LogP contribution is 2.34. The number of thiazole rings is 1. The third-order valence-electron chi connectivity index (χ3n) is 4.31. The summed E-state index contributed by atoms with van der Waals surface area (Å²) >= 11 is 1.87. The van der Waals surface area contributed by atoms with E-state index in [4.69, 9.17) is 4.98 Å². The maximum absolute atomic E-state index is 4.80. The molecular weight excluding hydrogens is 252 g/mol. The Bertz CT molecular complexity index is 495. The molecule has 0 saturated heterocycles. The van der Waals surface area contributed by atoms with Crippen LogP contribution < -0.4 is 5.32 Å². The Morgan fingerprint density at radius 2 is 2.11 bits per heavy atom. The molecule has 1 atom stereocenters. The number of hydrogen-bond acceptors (Lipinski definition) is 3. The lowest BCUT2D eigenvalue weighted by molar-refractivity contribution is 0.328. The first kappa shape index (κ1) is 13.1. The number of benzene rings is 1. The Morgan fingerprint density at radius 1 is 1.32 bits per heavy atom. The summed E-state index contributed by atoms with van der Waals surface area (Å²) in [5.74, 6) is 1.66. The van der Waals surface area contributed by atoms with Gasteiger partial charge in [-0.3, -0.25) is 0 Å². The van der Waals surface area contributed by atoms with Crippen LogP contribution in [0.5, 0.6) is 0 Å². The van der Waals surface area contributed by atoms with E-state index in [1.165, 1.54) is 35.4 Å². The summed E-state index contributed by atoms with van der Waals surface area (Å²) in [6, 6.07) is 8.48. The third-order valence-corrected chi connectivity index (χ3v) is 5.37. The van der Waals surface area contributed by atoms with E-state index < -0.39 is 0 Å². The number of nitrogens with zero attached hydrogens (tertiary/aromatic N) is 1. The second kappa shape index (κ2) is 6.02. The molecule has 0 amide bonds. The van der Waals surface area contributed by atoms with E-state index in [0.29, 0.717) is 0 Å². The molecule has 0 bridgehead atoms. The lowest BCUT2D eigenvalue weighted by atomic mass is 9.88. The molecule has 0 radical (unpaired) electrons. The van der Waals surface area contributed by atoms with Gasteiger partial charge in [-0.1, -0.05) is 37.8 Å². The quantitative estimate of drug-likeness (QED) is 0.895. The SMILES string of the molecule is CNCC(Cc1nc2ccccc2s1)C1CCCC1. The van der Waals surface area contributed by atoms with Crippen molar-refractivity contribution in [3.05, 3.63) is 29.3 Å². The second-order valence-electron chi connectivity index (χ2n) is 5.64. The van der Waals surface area contributed by atoms with Crippen molar-refractivity contribution in [2.45, 2.75) is 32.1 Å². The smallest absolute Gasteiger partial charge is 0.0941 e. The van der Waals surface area contributed by atoms with Crippen LogP contribution in [0.3, 0.4) is 0 Å². The van der Waals surface area contributed by atoms with Crippen molar-refractivity contribution in [2.75, 3.05) is 13.6 Å². The van der Waals surface area contributed by atoms with Gasteiger partial charge >= 0.3 is 0 Å². The largest absolute Gasteiger partial charge is 0.319 e. The highest BCUT2D eigenvalue weighted by Gasteiger charge is 2.25. The van der Waals surface area contributed by atoms with Gasteiger partial charge in [0.2, 0.25) is 0 Å². The summed E-state index contributed by atoms with van der Waals surface area (Å²) in [6.45, 7) is 1.13. The van der Waals surface area contributed by atoms with E-state index in [-0.39, 0.29) is 0 Å². The monoisotopic (exact) mass is 274 g/mol. The van der Waals surface area contributed by atoms with E-state index in [2.05, 4.69) is 36.6 Å². The van der Waals surface area contributed by atoms with Crippen LogP contribution in [-0.4, -0.2) is 18.6 Å². The highest BCUT2D eigenvalue weighted by molar-refractivity contribution is 7.18. The number of para-hydroxylation sites is 1. The summed E-state index contributed by atoms with van der Waals surface area (Å²) in [6.07, 6.45) is 6.81. The molecular formula is C16H22N2S. The Hall–Kier alpha value is -0.930. The molecule has 0 aliphatic heterocycles. The van der Waals surface area contributed by atoms with Crippen LogP contribution in [0, 0.1) is 11.8 Å². The lowest BCUT2D eigenvalue weighted by Crippen LogP contribution is -2.26. The fraction of sp³-hybridized carbons (Fsp3) is 0.562. The number of aromatic nitrogens is 1. The standard InChI is InChI=1S/C16H22N2S/c1-17-11-13(12-6-2-3-7-12)10-16-18-14-8-4-5-9-15(14)19-16/h4-5,8-9,12-13,17H,2-3,6-7,10-11H2,1H3. The average Bonchev–Trinajstić information content (AvgIpc) is 3.07. The minimum absolute atomic E-state index is 0.757. The van der Waals surface area contributed by atoms with E-state index in [1.807, 2.05) is 11.3 Å². The van der Waals surface area contributed by atoms with Gasteiger partial charge in [0.05, 0.1) is 15.2 Å². The summed E-state index contributed by atoms with van der Waals surface area (Å²) < 4.78 is 1.33. The zero-order chi connectivity index (χ0) is 13.1. The molecule has 1 aromatic heterocycles. The topological polar surface area (TPSA) is 24.9 Å². The zero-order valence-corrected chi connectivity index (χ0v) is 12.4. The van der Waals surface area contributed by atoms with Crippen molar-refractivity contribution < 1.29 is 0 Å². The molecule has 1 saturated carbocycles. The van der Waals surface area contributed by atoms with Crippen molar-refractivity contribution in [3.8, 4) is 0 Å². The molecule has 3 heteroatoms. The van der Waals surface area contributed by atoms with Gasteiger partial charge < -0.3 is 5.32 Å². The molecule has 19 heavy (non-hydrogen) atoms. The van der Waals surface area contributed by atoms with Crippen molar-refractivity contribution in [2.24, 2.45) is 11.8 Å². The molecule has 0 spiro atoms. The fourth-order valence-corrected chi connectivity index (χ4v) is 4.39. The molecule has 1 N–H and O–H groups in total. The Morgan fingerprint density at radius 3 is 2.84 bits per heavy atom. The Kier molecular flexibility index (Phi) is 4.14. The van der Waals surface area contributed by atoms with Crippen LogP contribution in [0.4, 0.5) is 0 Å². The third kappa shape index (κ3) is 2.98. The van der Waals surface area contributed by atoms with Gasteiger partial charge in [-0.25, -0.2) is 4.98 Å². The summed E-state index contributed by atoms with van der Waals surface area (Å²) in [7, 11) is 2.07. The molecule has 3 rings (SSSR count). The minimum atomic E-state index is 0.757. The summed E-state index contributed by atoms with van der Waals surface area (Å²) in [4.78, 5) is 4.80. The molecule has 1 unspecified atom stereocenters. The van der Waals surface area contributed by atoms with Gasteiger partial charge in [0, 0.05) is 6.42 Å². The van der Waals surface area contributed by atoms with E-state index >= 15 is 0 Å². The Balaban J connectivity index is 1.76. The van der Waals surface area contributed by atoms with Gasteiger partial charge in [-0.15, -0.1) is 11.3 Å². The maximum atomic E-state index is 4.80. The maximum Gasteiger partial charge on any atom is 0.0941 e. The highest BCUT2D eigenvalue weighted by atomic mass is 32.1.